The van der Waals surface area contributed by atoms with Crippen molar-refractivity contribution in [2.24, 2.45) is 5.10 Å². The molecule has 2 heterocycles. The molecule has 180 valence electrons. The lowest BCUT2D eigenvalue weighted by Crippen LogP contribution is -2.21. The van der Waals surface area contributed by atoms with Crippen molar-refractivity contribution in [1.82, 2.24) is 30.7 Å². The summed E-state index contributed by atoms with van der Waals surface area (Å²) in [6.45, 7) is 6.70. The molecular weight excluding hydrogens is 452 g/mol. The number of nitrogens with zero attached hydrogens (tertiary/aromatic N) is 6. The largest absolute Gasteiger partial charge is 0.494 e. The molecule has 3 N–H and O–H groups in total. The van der Waals surface area contributed by atoms with Crippen molar-refractivity contribution in [2.45, 2.75) is 20.8 Å². The van der Waals surface area contributed by atoms with Crippen molar-refractivity contribution in [1.29, 1.82) is 0 Å². The van der Waals surface area contributed by atoms with E-state index in [9.17, 15) is 4.79 Å². The minimum atomic E-state index is -0.569. The number of hydrazone groups is 1. The van der Waals surface area contributed by atoms with Gasteiger partial charge >= 0.3 is 0 Å². The van der Waals surface area contributed by atoms with Crippen molar-refractivity contribution in [2.75, 3.05) is 18.9 Å². The molecule has 2 aromatic carbocycles. The summed E-state index contributed by atoms with van der Waals surface area (Å²) >= 11 is 0. The third kappa shape index (κ3) is 5.11. The van der Waals surface area contributed by atoms with Gasteiger partial charge in [-0.1, -0.05) is 5.21 Å². The molecule has 2 aromatic heterocycles. The quantitative estimate of drug-likeness (QED) is 0.274. The zero-order chi connectivity index (χ0) is 24.8. The standard InChI is InChI=1S/C23H24N8O4/c1-4-33-17-10-6-15(7-11-17)14(3)25-27-23(32)19-20(16-8-12-18(13-9-16)34-5-2)31(30-26-19)22-21(24)28-35-29-22/h6-13H,4-5H2,1-3H3,(H2,24,28)(H,27,32)/b25-14+. The van der Waals surface area contributed by atoms with Gasteiger partial charge in [-0.15, -0.1) is 5.10 Å². The lowest BCUT2D eigenvalue weighted by molar-refractivity contribution is 0.0950. The number of carbonyl (C=O) groups is 1. The predicted molar refractivity (Wildman–Crippen MR) is 128 cm³/mol. The average molecular weight is 476 g/mol. The highest BCUT2D eigenvalue weighted by molar-refractivity contribution is 6.02. The van der Waals surface area contributed by atoms with Crippen LogP contribution in [0.5, 0.6) is 11.5 Å². The zero-order valence-corrected chi connectivity index (χ0v) is 19.4. The molecule has 0 fully saturated rings. The third-order valence-electron chi connectivity index (χ3n) is 4.93. The fraction of sp³-hybridized carbons (Fsp3) is 0.217. The number of rotatable bonds is 9. The summed E-state index contributed by atoms with van der Waals surface area (Å²) in [5.41, 5.74) is 10.8. The van der Waals surface area contributed by atoms with E-state index in [0.717, 1.165) is 11.3 Å². The Kier molecular flexibility index (Phi) is 7.00. The molecule has 0 spiro atoms. The number of hydrogen-bond acceptors (Lipinski definition) is 10. The van der Waals surface area contributed by atoms with Crippen LogP contribution in [0, 0.1) is 0 Å². The first kappa shape index (κ1) is 23.4. The second-order valence-electron chi connectivity index (χ2n) is 7.22. The summed E-state index contributed by atoms with van der Waals surface area (Å²) in [5, 5.41) is 19.7. The highest BCUT2D eigenvalue weighted by atomic mass is 16.6. The summed E-state index contributed by atoms with van der Waals surface area (Å²) in [4.78, 5) is 13.1. The Morgan fingerprint density at radius 3 is 2.23 bits per heavy atom. The Morgan fingerprint density at radius 2 is 1.66 bits per heavy atom. The van der Waals surface area contributed by atoms with Gasteiger partial charge in [0.05, 0.1) is 18.9 Å². The first-order valence-electron chi connectivity index (χ1n) is 10.9. The lowest BCUT2D eigenvalue weighted by atomic mass is 10.1. The molecule has 0 aliphatic rings. The van der Waals surface area contributed by atoms with Crippen LogP contribution in [0.4, 0.5) is 5.82 Å². The molecule has 4 rings (SSSR count). The number of nitrogens with one attached hydrogen (secondary N) is 1. The summed E-state index contributed by atoms with van der Waals surface area (Å²) in [7, 11) is 0. The van der Waals surface area contributed by atoms with Gasteiger partial charge in [-0.05, 0) is 85.2 Å². The molecule has 1 amide bonds. The van der Waals surface area contributed by atoms with E-state index in [1.165, 1.54) is 4.68 Å². The third-order valence-corrected chi connectivity index (χ3v) is 4.93. The van der Waals surface area contributed by atoms with Crippen molar-refractivity contribution in [3.05, 3.63) is 59.8 Å². The van der Waals surface area contributed by atoms with E-state index in [1.807, 2.05) is 38.1 Å². The summed E-state index contributed by atoms with van der Waals surface area (Å²) < 4.78 is 16.9. The van der Waals surface area contributed by atoms with Crippen molar-refractivity contribution < 1.29 is 18.9 Å². The Hall–Kier alpha value is -4.74. The molecule has 0 atom stereocenters. The molecule has 4 aromatic rings. The number of benzene rings is 2. The zero-order valence-electron chi connectivity index (χ0n) is 19.4. The van der Waals surface area contributed by atoms with Crippen LogP contribution in [0.3, 0.4) is 0 Å². The minimum Gasteiger partial charge on any atom is -0.494 e. The van der Waals surface area contributed by atoms with Gasteiger partial charge in [-0.25, -0.2) is 10.1 Å². The monoisotopic (exact) mass is 476 g/mol. The fourth-order valence-corrected chi connectivity index (χ4v) is 3.27. The maximum atomic E-state index is 13.1. The van der Waals surface area contributed by atoms with Crippen LogP contribution in [0.25, 0.3) is 17.1 Å². The number of carbonyl (C=O) groups excluding carboxylic acids is 1. The number of nitrogen functional groups attached to an aromatic ring is 1. The van der Waals surface area contributed by atoms with Crippen molar-refractivity contribution >= 4 is 17.4 Å². The Bertz CT molecular complexity index is 1330. The van der Waals surface area contributed by atoms with Gasteiger partial charge in [0.2, 0.25) is 11.6 Å². The van der Waals surface area contributed by atoms with Gasteiger partial charge in [-0.2, -0.15) is 9.78 Å². The normalized spacial score (nSPS) is 11.3. The molecule has 12 heteroatoms. The Morgan fingerprint density at radius 1 is 1.03 bits per heavy atom. The first-order valence-corrected chi connectivity index (χ1v) is 10.9. The van der Waals surface area contributed by atoms with Gasteiger partial charge in [0.25, 0.3) is 5.91 Å². The number of nitrogens with two attached hydrogens (primary N) is 1. The van der Waals surface area contributed by atoms with Crippen LogP contribution in [0.1, 0.15) is 36.8 Å². The van der Waals surface area contributed by atoms with Gasteiger partial charge < -0.3 is 15.2 Å². The summed E-state index contributed by atoms with van der Waals surface area (Å²) in [6, 6.07) is 14.5. The Balaban J connectivity index is 1.64. The summed E-state index contributed by atoms with van der Waals surface area (Å²) in [6.07, 6.45) is 0. The molecule has 0 unspecified atom stereocenters. The second-order valence-corrected chi connectivity index (χ2v) is 7.22. The van der Waals surface area contributed by atoms with E-state index in [0.29, 0.717) is 35.9 Å². The number of hydrogen-bond donors (Lipinski definition) is 2. The topological polar surface area (TPSA) is 156 Å². The Labute approximate surface area is 200 Å². The van der Waals surface area contributed by atoms with Crippen LogP contribution in [-0.2, 0) is 0 Å². The van der Waals surface area contributed by atoms with Gasteiger partial charge in [0.1, 0.15) is 17.2 Å². The SMILES string of the molecule is CCOc1ccc(/C(C)=N/NC(=O)c2nnn(-c3nonc3N)c2-c2ccc(OCC)cc2)cc1. The smallest absolute Gasteiger partial charge is 0.294 e. The minimum absolute atomic E-state index is 0.00147. The molecule has 0 saturated heterocycles. The van der Waals surface area contributed by atoms with E-state index in [-0.39, 0.29) is 17.3 Å². The maximum absolute atomic E-state index is 13.1. The van der Waals surface area contributed by atoms with Gasteiger partial charge in [0, 0.05) is 5.56 Å². The molecule has 0 aliphatic heterocycles. The van der Waals surface area contributed by atoms with Gasteiger partial charge in [0.15, 0.2) is 5.69 Å². The van der Waals surface area contributed by atoms with E-state index in [2.05, 4.69) is 31.2 Å². The van der Waals surface area contributed by atoms with Crippen molar-refractivity contribution in [3.63, 3.8) is 0 Å². The van der Waals surface area contributed by atoms with E-state index < -0.39 is 5.91 Å². The molecule has 12 nitrogen and oxygen atoms in total. The van der Waals surface area contributed by atoms with Crippen LogP contribution in [-0.4, -0.2) is 50.1 Å². The molecule has 0 aliphatic carbocycles. The van der Waals surface area contributed by atoms with Crippen molar-refractivity contribution in [3.8, 4) is 28.6 Å². The molecule has 35 heavy (non-hydrogen) atoms. The van der Waals surface area contributed by atoms with E-state index >= 15 is 0 Å². The van der Waals surface area contributed by atoms with E-state index in [1.54, 1.807) is 31.2 Å². The summed E-state index contributed by atoms with van der Waals surface area (Å²) in [5.74, 6) is 0.971. The number of anilines is 1. The molecule has 0 radical (unpaired) electrons. The maximum Gasteiger partial charge on any atom is 0.294 e. The number of amides is 1. The number of ether oxygens (including phenoxy) is 2. The lowest BCUT2D eigenvalue weighted by Gasteiger charge is -2.08. The highest BCUT2D eigenvalue weighted by Crippen LogP contribution is 2.28. The highest BCUT2D eigenvalue weighted by Gasteiger charge is 2.25. The molecule has 0 saturated carbocycles. The molecule has 0 bridgehead atoms. The second kappa shape index (κ2) is 10.5. The van der Waals surface area contributed by atoms with Crippen LogP contribution in [0.15, 0.2) is 58.3 Å². The van der Waals surface area contributed by atoms with Crippen LogP contribution < -0.4 is 20.6 Å². The number of aromatic nitrogens is 5. The van der Waals surface area contributed by atoms with Crippen LogP contribution in [0.2, 0.25) is 0 Å². The fourth-order valence-electron chi connectivity index (χ4n) is 3.27. The first-order chi connectivity index (χ1) is 17.0. The van der Waals surface area contributed by atoms with Crippen LogP contribution >= 0.6 is 0 Å². The predicted octanol–water partition coefficient (Wildman–Crippen LogP) is 2.85. The van der Waals surface area contributed by atoms with Gasteiger partial charge in [-0.3, -0.25) is 4.79 Å². The molecular formula is C23H24N8O4. The van der Waals surface area contributed by atoms with E-state index in [4.69, 9.17) is 19.8 Å². The average Bonchev–Trinajstić information content (AvgIpc) is 3.49.